The SMILES string of the molecule is CCCCN(C)C(=O)C(CCCC)(NC(C)=O)c1c(C)n(C(=O)c2ccc(Cl)cc2)c2ccc(O)cc12. The standard InChI is InChI=1S/C29H36ClN3O4/c1-6-8-16-29(31-20(4)34,28(37)32(5)17-9-7-2)26-19(3)33(25-15-14-23(35)18-24(25)26)27(36)21-10-12-22(30)13-11-21/h10-15,18,35H,6-9,16-17H2,1-5H3,(H,31,34). The van der Waals surface area contributed by atoms with Crippen LogP contribution in [-0.4, -0.2) is 45.9 Å². The molecule has 1 aromatic heterocycles. The fourth-order valence-electron chi connectivity index (χ4n) is 5.01. The van der Waals surface area contributed by atoms with Crippen molar-refractivity contribution in [2.75, 3.05) is 13.6 Å². The van der Waals surface area contributed by atoms with Crippen molar-refractivity contribution in [1.29, 1.82) is 0 Å². The van der Waals surface area contributed by atoms with E-state index in [2.05, 4.69) is 12.2 Å². The molecule has 0 saturated heterocycles. The number of rotatable bonds is 10. The predicted octanol–water partition coefficient (Wildman–Crippen LogP) is 5.78. The van der Waals surface area contributed by atoms with Gasteiger partial charge in [0.1, 0.15) is 11.3 Å². The minimum absolute atomic E-state index is 0.00356. The summed E-state index contributed by atoms with van der Waals surface area (Å²) in [6.45, 7) is 7.79. The molecule has 198 valence electrons. The summed E-state index contributed by atoms with van der Waals surface area (Å²) in [6.07, 6.45) is 3.57. The van der Waals surface area contributed by atoms with Gasteiger partial charge in [-0.1, -0.05) is 44.7 Å². The Hall–Kier alpha value is -3.32. The van der Waals surface area contributed by atoms with Crippen molar-refractivity contribution in [3.8, 4) is 5.75 Å². The minimum atomic E-state index is -1.41. The molecule has 0 radical (unpaired) electrons. The molecule has 1 unspecified atom stereocenters. The Morgan fingerprint density at radius 1 is 1.05 bits per heavy atom. The number of nitrogens with one attached hydrogen (secondary N) is 1. The summed E-state index contributed by atoms with van der Waals surface area (Å²) in [5.74, 6) is -0.884. The van der Waals surface area contributed by atoms with E-state index >= 15 is 0 Å². The molecule has 0 aliphatic heterocycles. The molecule has 2 aromatic carbocycles. The lowest BCUT2D eigenvalue weighted by atomic mass is 9.81. The van der Waals surface area contributed by atoms with Crippen molar-refractivity contribution in [3.63, 3.8) is 0 Å². The molecule has 37 heavy (non-hydrogen) atoms. The number of unbranched alkanes of at least 4 members (excludes halogenated alkanes) is 2. The Kier molecular flexibility index (Phi) is 9.02. The number of fused-ring (bicyclic) bond motifs is 1. The van der Waals surface area contributed by atoms with Crippen LogP contribution >= 0.6 is 11.6 Å². The number of likely N-dealkylation sites (N-methyl/N-ethyl adjacent to an activating group) is 1. The average molecular weight is 526 g/mol. The number of halogens is 1. The van der Waals surface area contributed by atoms with Crippen LogP contribution in [0.2, 0.25) is 5.02 Å². The van der Waals surface area contributed by atoms with Crippen LogP contribution in [0.1, 0.15) is 74.5 Å². The zero-order chi connectivity index (χ0) is 27.3. The second kappa shape index (κ2) is 11.8. The number of benzene rings is 2. The normalized spacial score (nSPS) is 12.8. The molecule has 7 nitrogen and oxygen atoms in total. The Morgan fingerprint density at radius 2 is 1.70 bits per heavy atom. The highest BCUT2D eigenvalue weighted by molar-refractivity contribution is 6.30. The molecule has 8 heteroatoms. The first-order valence-corrected chi connectivity index (χ1v) is 13.1. The van der Waals surface area contributed by atoms with Gasteiger partial charge in [0.05, 0.1) is 5.52 Å². The summed E-state index contributed by atoms with van der Waals surface area (Å²) >= 11 is 6.04. The van der Waals surface area contributed by atoms with Gasteiger partial charge in [-0.25, -0.2) is 0 Å². The summed E-state index contributed by atoms with van der Waals surface area (Å²) in [4.78, 5) is 42.3. The maximum absolute atomic E-state index is 14.2. The third kappa shape index (κ3) is 5.67. The molecule has 1 atom stereocenters. The van der Waals surface area contributed by atoms with Crippen LogP contribution in [0, 0.1) is 6.92 Å². The number of phenolic OH excluding ortho intramolecular Hbond substituents is 1. The average Bonchev–Trinajstić information content (AvgIpc) is 3.15. The molecular formula is C29H36ClN3O4. The van der Waals surface area contributed by atoms with E-state index in [1.165, 1.54) is 13.0 Å². The number of carbonyl (C=O) groups is 3. The first kappa shape index (κ1) is 28.3. The zero-order valence-electron chi connectivity index (χ0n) is 22.2. The molecule has 0 aliphatic carbocycles. The lowest BCUT2D eigenvalue weighted by molar-refractivity contribution is -0.141. The van der Waals surface area contributed by atoms with Crippen LogP contribution in [0.4, 0.5) is 0 Å². The van der Waals surface area contributed by atoms with Gasteiger partial charge in [0.15, 0.2) is 0 Å². The third-order valence-corrected chi connectivity index (χ3v) is 7.01. The Labute approximate surface area is 223 Å². The van der Waals surface area contributed by atoms with Gasteiger partial charge in [-0.3, -0.25) is 19.0 Å². The molecule has 2 N–H and O–H groups in total. The van der Waals surface area contributed by atoms with Crippen LogP contribution in [-0.2, 0) is 15.1 Å². The van der Waals surface area contributed by atoms with E-state index in [4.69, 9.17) is 11.6 Å². The summed E-state index contributed by atoms with van der Waals surface area (Å²) in [7, 11) is 1.74. The second-order valence-electron chi connectivity index (χ2n) is 9.58. The molecular weight excluding hydrogens is 490 g/mol. The van der Waals surface area contributed by atoms with E-state index in [0.29, 0.717) is 52.1 Å². The second-order valence-corrected chi connectivity index (χ2v) is 10.0. The number of amides is 2. The van der Waals surface area contributed by atoms with Gasteiger partial charge >= 0.3 is 0 Å². The van der Waals surface area contributed by atoms with Gasteiger partial charge in [-0.15, -0.1) is 0 Å². The minimum Gasteiger partial charge on any atom is -0.508 e. The topological polar surface area (TPSA) is 91.6 Å². The third-order valence-electron chi connectivity index (χ3n) is 6.76. The summed E-state index contributed by atoms with van der Waals surface area (Å²) < 4.78 is 1.55. The predicted molar refractivity (Wildman–Crippen MR) is 147 cm³/mol. The van der Waals surface area contributed by atoms with Crippen molar-refractivity contribution < 1.29 is 19.5 Å². The molecule has 3 aromatic rings. The number of nitrogens with zero attached hydrogens (tertiary/aromatic N) is 2. The summed E-state index contributed by atoms with van der Waals surface area (Å²) in [5, 5.41) is 14.5. The van der Waals surface area contributed by atoms with Crippen molar-refractivity contribution in [2.45, 2.75) is 65.3 Å². The van der Waals surface area contributed by atoms with E-state index in [1.54, 1.807) is 59.8 Å². The lowest BCUT2D eigenvalue weighted by Gasteiger charge is -2.37. The summed E-state index contributed by atoms with van der Waals surface area (Å²) in [6, 6.07) is 11.3. The van der Waals surface area contributed by atoms with E-state index in [-0.39, 0.29) is 23.5 Å². The highest BCUT2D eigenvalue weighted by Crippen LogP contribution is 2.40. The van der Waals surface area contributed by atoms with Crippen molar-refractivity contribution >= 4 is 40.2 Å². The van der Waals surface area contributed by atoms with Gasteiger partial charge in [-0.05, 0) is 62.2 Å². The highest BCUT2D eigenvalue weighted by Gasteiger charge is 2.46. The summed E-state index contributed by atoms with van der Waals surface area (Å²) in [5.41, 5.74) is 0.612. The molecule has 0 saturated carbocycles. The highest BCUT2D eigenvalue weighted by atomic mass is 35.5. The van der Waals surface area contributed by atoms with Crippen LogP contribution in [0.5, 0.6) is 5.75 Å². The van der Waals surface area contributed by atoms with Crippen LogP contribution in [0.25, 0.3) is 10.9 Å². The van der Waals surface area contributed by atoms with Crippen molar-refractivity contribution in [3.05, 3.63) is 64.3 Å². The van der Waals surface area contributed by atoms with Crippen LogP contribution in [0.3, 0.4) is 0 Å². The number of aromatic hydroxyl groups is 1. The molecule has 0 spiro atoms. The van der Waals surface area contributed by atoms with Gasteiger partial charge in [0.25, 0.3) is 11.8 Å². The van der Waals surface area contributed by atoms with Crippen molar-refractivity contribution in [2.24, 2.45) is 0 Å². The molecule has 0 aliphatic rings. The van der Waals surface area contributed by atoms with Crippen molar-refractivity contribution in [1.82, 2.24) is 14.8 Å². The van der Waals surface area contributed by atoms with Gasteiger partial charge < -0.3 is 15.3 Å². The Morgan fingerprint density at radius 3 is 2.30 bits per heavy atom. The maximum atomic E-state index is 14.2. The number of aromatic nitrogens is 1. The smallest absolute Gasteiger partial charge is 0.262 e. The van der Waals surface area contributed by atoms with E-state index in [1.807, 2.05) is 6.92 Å². The van der Waals surface area contributed by atoms with Crippen LogP contribution < -0.4 is 5.32 Å². The number of phenols is 1. The first-order chi connectivity index (χ1) is 17.6. The molecule has 3 rings (SSSR count). The first-order valence-electron chi connectivity index (χ1n) is 12.8. The molecule has 0 bridgehead atoms. The fraction of sp³-hybridized carbons (Fsp3) is 0.414. The number of carbonyl (C=O) groups excluding carboxylic acids is 3. The Balaban J connectivity index is 2.37. The Bertz CT molecular complexity index is 1300. The number of hydrogen-bond donors (Lipinski definition) is 2. The molecule has 1 heterocycles. The van der Waals surface area contributed by atoms with Gasteiger partial charge in [-0.2, -0.15) is 0 Å². The lowest BCUT2D eigenvalue weighted by Crippen LogP contribution is -2.56. The monoisotopic (exact) mass is 525 g/mol. The van der Waals surface area contributed by atoms with E-state index in [9.17, 15) is 19.5 Å². The fourth-order valence-corrected chi connectivity index (χ4v) is 5.14. The van der Waals surface area contributed by atoms with E-state index in [0.717, 1.165) is 19.3 Å². The van der Waals surface area contributed by atoms with Crippen LogP contribution in [0.15, 0.2) is 42.5 Å². The largest absolute Gasteiger partial charge is 0.508 e. The zero-order valence-corrected chi connectivity index (χ0v) is 23.0. The number of hydrogen-bond acceptors (Lipinski definition) is 4. The van der Waals surface area contributed by atoms with E-state index < -0.39 is 5.54 Å². The van der Waals surface area contributed by atoms with Gasteiger partial charge in [0, 0.05) is 47.7 Å². The molecule has 2 amide bonds. The quantitative estimate of drug-likeness (QED) is 0.351. The van der Waals surface area contributed by atoms with Gasteiger partial charge in [0.2, 0.25) is 5.91 Å². The molecule has 0 fully saturated rings. The maximum Gasteiger partial charge on any atom is 0.262 e.